The number of likely N-dealkylation sites (N-methyl/N-ethyl adjacent to an activating group) is 1. The van der Waals surface area contributed by atoms with Gasteiger partial charge in [-0.25, -0.2) is 4.39 Å². The van der Waals surface area contributed by atoms with Gasteiger partial charge in [-0.15, -0.1) is 0 Å². The number of ether oxygens (including phenoxy) is 1. The molecule has 1 N–H and O–H groups in total. The molecule has 1 aliphatic carbocycles. The van der Waals surface area contributed by atoms with Gasteiger partial charge in [0.2, 0.25) is 0 Å². The molecule has 1 atom stereocenters. The molecule has 0 aromatic heterocycles. The molecular formula is C17H25ClFNO. The maximum absolute atomic E-state index is 13.3. The molecule has 1 aromatic rings. The van der Waals surface area contributed by atoms with Gasteiger partial charge in [-0.1, -0.05) is 36.9 Å². The van der Waals surface area contributed by atoms with E-state index < -0.39 is 0 Å². The van der Waals surface area contributed by atoms with Crippen LogP contribution in [0.1, 0.15) is 44.6 Å². The predicted octanol–water partition coefficient (Wildman–Crippen LogP) is 4.35. The highest BCUT2D eigenvalue weighted by atomic mass is 35.5. The Labute approximate surface area is 132 Å². The van der Waals surface area contributed by atoms with Crippen LogP contribution in [-0.2, 0) is 11.2 Å². The van der Waals surface area contributed by atoms with Crippen molar-refractivity contribution in [2.45, 2.75) is 57.1 Å². The summed E-state index contributed by atoms with van der Waals surface area (Å²) in [5.41, 5.74) is 0.938. The van der Waals surface area contributed by atoms with Crippen LogP contribution in [0.2, 0.25) is 5.02 Å². The molecule has 2 rings (SSSR count). The first-order valence-electron chi connectivity index (χ1n) is 7.86. The summed E-state index contributed by atoms with van der Waals surface area (Å²) in [5.74, 6) is -0.362. The monoisotopic (exact) mass is 313 g/mol. The van der Waals surface area contributed by atoms with Crippen LogP contribution >= 0.6 is 11.6 Å². The van der Waals surface area contributed by atoms with E-state index in [9.17, 15) is 4.39 Å². The normalized spacial score (nSPS) is 19.4. The quantitative estimate of drug-likeness (QED) is 0.843. The lowest BCUT2D eigenvalue weighted by Gasteiger charge is -2.43. The average molecular weight is 314 g/mol. The summed E-state index contributed by atoms with van der Waals surface area (Å²) in [5, 5.41) is 3.61. The fourth-order valence-corrected chi connectivity index (χ4v) is 3.69. The third kappa shape index (κ3) is 3.97. The Morgan fingerprint density at radius 2 is 2.05 bits per heavy atom. The van der Waals surface area contributed by atoms with Crippen molar-refractivity contribution in [3.63, 3.8) is 0 Å². The van der Waals surface area contributed by atoms with E-state index in [1.807, 2.05) is 13.1 Å². The molecule has 2 nitrogen and oxygen atoms in total. The number of hydrogen-bond acceptors (Lipinski definition) is 2. The van der Waals surface area contributed by atoms with Crippen molar-refractivity contribution in [2.75, 3.05) is 13.7 Å². The molecule has 0 saturated heterocycles. The zero-order valence-electron chi connectivity index (χ0n) is 12.9. The fourth-order valence-electron chi connectivity index (χ4n) is 3.48. The van der Waals surface area contributed by atoms with Gasteiger partial charge in [-0.05, 0) is 50.9 Å². The van der Waals surface area contributed by atoms with Crippen molar-refractivity contribution in [3.8, 4) is 0 Å². The van der Waals surface area contributed by atoms with Gasteiger partial charge < -0.3 is 10.1 Å². The van der Waals surface area contributed by atoms with Gasteiger partial charge in [-0.3, -0.25) is 0 Å². The van der Waals surface area contributed by atoms with Crippen molar-refractivity contribution >= 4 is 11.6 Å². The number of nitrogens with one attached hydrogen (secondary N) is 1. The van der Waals surface area contributed by atoms with Crippen LogP contribution < -0.4 is 5.32 Å². The van der Waals surface area contributed by atoms with Gasteiger partial charge in [0.25, 0.3) is 0 Å². The Morgan fingerprint density at radius 1 is 1.33 bits per heavy atom. The molecule has 1 fully saturated rings. The van der Waals surface area contributed by atoms with E-state index in [0.717, 1.165) is 31.4 Å². The first kappa shape index (κ1) is 16.7. The first-order chi connectivity index (χ1) is 10.1. The van der Waals surface area contributed by atoms with Crippen LogP contribution in [0.3, 0.4) is 0 Å². The van der Waals surface area contributed by atoms with E-state index in [2.05, 4.69) is 12.2 Å². The van der Waals surface area contributed by atoms with Gasteiger partial charge in [0.15, 0.2) is 0 Å². The molecule has 1 aliphatic rings. The van der Waals surface area contributed by atoms with Crippen LogP contribution in [0.15, 0.2) is 18.2 Å². The standard InChI is InChI=1S/C17H25ClFNO/c1-3-21-17(9-5-4-6-10-17)16(20-2)12-13-7-8-15(19)14(18)11-13/h7-8,11,16,20H,3-6,9-10,12H2,1-2H3. The number of halogens is 2. The molecule has 1 saturated carbocycles. The van der Waals surface area contributed by atoms with Crippen molar-refractivity contribution < 1.29 is 9.13 Å². The van der Waals surface area contributed by atoms with E-state index >= 15 is 0 Å². The number of hydrogen-bond donors (Lipinski definition) is 1. The predicted molar refractivity (Wildman–Crippen MR) is 85.4 cm³/mol. The first-order valence-corrected chi connectivity index (χ1v) is 8.24. The highest BCUT2D eigenvalue weighted by Gasteiger charge is 2.39. The molecule has 0 bridgehead atoms. The van der Waals surface area contributed by atoms with Crippen LogP contribution in [-0.4, -0.2) is 25.3 Å². The second-order valence-corrected chi connectivity index (χ2v) is 6.26. The maximum Gasteiger partial charge on any atom is 0.141 e. The summed E-state index contributed by atoms with van der Waals surface area (Å²) < 4.78 is 19.5. The molecule has 0 aliphatic heterocycles. The summed E-state index contributed by atoms with van der Waals surface area (Å²) in [4.78, 5) is 0. The third-order valence-electron chi connectivity index (χ3n) is 4.54. The zero-order valence-corrected chi connectivity index (χ0v) is 13.7. The fraction of sp³-hybridized carbons (Fsp3) is 0.647. The van der Waals surface area contributed by atoms with Crippen molar-refractivity contribution in [3.05, 3.63) is 34.6 Å². The second-order valence-electron chi connectivity index (χ2n) is 5.85. The largest absolute Gasteiger partial charge is 0.374 e. The van der Waals surface area contributed by atoms with Crippen molar-refractivity contribution in [1.82, 2.24) is 5.32 Å². The number of benzene rings is 1. The highest BCUT2D eigenvalue weighted by Crippen LogP contribution is 2.36. The summed E-state index contributed by atoms with van der Waals surface area (Å²) in [6.45, 7) is 2.78. The van der Waals surface area contributed by atoms with Gasteiger partial charge in [0, 0.05) is 12.6 Å². The van der Waals surface area contributed by atoms with Gasteiger partial charge in [0.05, 0.1) is 10.6 Å². The topological polar surface area (TPSA) is 21.3 Å². The highest BCUT2D eigenvalue weighted by molar-refractivity contribution is 6.30. The Hall–Kier alpha value is -0.640. The summed E-state index contributed by atoms with van der Waals surface area (Å²) in [6.07, 6.45) is 6.68. The Morgan fingerprint density at radius 3 is 2.62 bits per heavy atom. The van der Waals surface area contributed by atoms with Crippen molar-refractivity contribution in [1.29, 1.82) is 0 Å². The average Bonchev–Trinajstić information content (AvgIpc) is 2.49. The Bertz CT molecular complexity index is 455. The summed E-state index contributed by atoms with van der Waals surface area (Å²) in [7, 11) is 1.98. The maximum atomic E-state index is 13.3. The summed E-state index contributed by atoms with van der Waals surface area (Å²) >= 11 is 5.90. The number of rotatable bonds is 6. The molecule has 0 heterocycles. The minimum atomic E-state index is -0.362. The van der Waals surface area contributed by atoms with Crippen LogP contribution in [0.4, 0.5) is 4.39 Å². The lowest BCUT2D eigenvalue weighted by molar-refractivity contribution is -0.0883. The Kier molecular flexibility index (Phi) is 6.03. The molecule has 1 aromatic carbocycles. The van der Waals surface area contributed by atoms with Crippen LogP contribution in [0.25, 0.3) is 0 Å². The second kappa shape index (κ2) is 7.57. The lowest BCUT2D eigenvalue weighted by atomic mass is 9.77. The summed E-state index contributed by atoms with van der Waals surface area (Å²) in [6, 6.07) is 5.20. The van der Waals surface area contributed by atoms with E-state index in [1.165, 1.54) is 25.3 Å². The van der Waals surface area contributed by atoms with Gasteiger partial charge in [-0.2, -0.15) is 0 Å². The molecule has 4 heteroatoms. The van der Waals surface area contributed by atoms with Gasteiger partial charge >= 0.3 is 0 Å². The van der Waals surface area contributed by atoms with E-state index in [-0.39, 0.29) is 22.5 Å². The van der Waals surface area contributed by atoms with E-state index in [4.69, 9.17) is 16.3 Å². The molecule has 118 valence electrons. The van der Waals surface area contributed by atoms with Crippen LogP contribution in [0, 0.1) is 5.82 Å². The van der Waals surface area contributed by atoms with Crippen molar-refractivity contribution in [2.24, 2.45) is 0 Å². The molecule has 0 radical (unpaired) electrons. The molecule has 0 spiro atoms. The van der Waals surface area contributed by atoms with E-state index in [0.29, 0.717) is 0 Å². The minimum Gasteiger partial charge on any atom is -0.374 e. The Balaban J connectivity index is 2.17. The minimum absolute atomic E-state index is 0.109. The molecule has 1 unspecified atom stereocenters. The molecular weight excluding hydrogens is 289 g/mol. The SMILES string of the molecule is CCOC1(C(Cc2ccc(F)c(Cl)c2)NC)CCCCC1. The third-order valence-corrected chi connectivity index (χ3v) is 4.83. The van der Waals surface area contributed by atoms with Crippen LogP contribution in [0.5, 0.6) is 0 Å². The molecule has 21 heavy (non-hydrogen) atoms. The van der Waals surface area contributed by atoms with Gasteiger partial charge in [0.1, 0.15) is 5.82 Å². The van der Waals surface area contributed by atoms with E-state index in [1.54, 1.807) is 6.07 Å². The zero-order chi connectivity index (χ0) is 15.3. The lowest BCUT2D eigenvalue weighted by Crippen LogP contribution is -2.53. The smallest absolute Gasteiger partial charge is 0.141 e. The molecule has 0 amide bonds.